The second-order valence-corrected chi connectivity index (χ2v) is 5.83. The lowest BCUT2D eigenvalue weighted by Crippen LogP contribution is -2.29. The molecule has 0 aliphatic rings. The van der Waals surface area contributed by atoms with Crippen molar-refractivity contribution in [1.29, 1.82) is 0 Å². The molecule has 1 amide bonds. The number of aryl methyl sites for hydroxylation is 1. The van der Waals surface area contributed by atoms with Crippen molar-refractivity contribution in [3.05, 3.63) is 52.4 Å². The van der Waals surface area contributed by atoms with Gasteiger partial charge < -0.3 is 19.3 Å². The number of nitrogens with zero attached hydrogens (tertiary/aromatic N) is 1. The van der Waals surface area contributed by atoms with E-state index in [9.17, 15) is 9.90 Å². The van der Waals surface area contributed by atoms with Crippen LogP contribution in [0.4, 0.5) is 0 Å². The Bertz CT molecular complexity index is 762. The second kappa shape index (κ2) is 6.80. The molecular formula is C16H16N2O4S. The van der Waals surface area contributed by atoms with Gasteiger partial charge in [0.05, 0.1) is 24.9 Å². The van der Waals surface area contributed by atoms with Crippen molar-refractivity contribution in [3.63, 3.8) is 0 Å². The Morgan fingerprint density at radius 1 is 1.48 bits per heavy atom. The average Bonchev–Trinajstić information content (AvgIpc) is 3.27. The summed E-state index contributed by atoms with van der Waals surface area (Å²) in [5.41, 5.74) is 1.49. The first kappa shape index (κ1) is 15.5. The van der Waals surface area contributed by atoms with E-state index in [1.165, 1.54) is 6.26 Å². The molecule has 0 bridgehead atoms. The summed E-state index contributed by atoms with van der Waals surface area (Å²) in [6, 6.07) is 5.26. The number of nitrogens with one attached hydrogen (secondary N) is 1. The van der Waals surface area contributed by atoms with Crippen LogP contribution >= 0.6 is 11.3 Å². The number of carbonyl (C=O) groups excluding carboxylic acids is 1. The number of aliphatic hydroxyl groups is 1. The lowest BCUT2D eigenvalue weighted by atomic mass is 10.2. The van der Waals surface area contributed by atoms with Crippen LogP contribution in [0, 0.1) is 6.92 Å². The molecule has 3 aromatic rings. The summed E-state index contributed by atoms with van der Waals surface area (Å²) in [7, 11) is 0. The fourth-order valence-corrected chi connectivity index (χ4v) is 2.74. The third-order valence-corrected chi connectivity index (χ3v) is 4.04. The van der Waals surface area contributed by atoms with E-state index in [1.54, 1.807) is 30.4 Å². The van der Waals surface area contributed by atoms with Crippen LogP contribution in [-0.2, 0) is 11.2 Å². The molecule has 3 heterocycles. The zero-order valence-electron chi connectivity index (χ0n) is 12.5. The Hall–Kier alpha value is -2.38. The quantitative estimate of drug-likeness (QED) is 0.724. The molecule has 0 aliphatic heterocycles. The van der Waals surface area contributed by atoms with E-state index in [0.717, 1.165) is 5.56 Å². The molecule has 23 heavy (non-hydrogen) atoms. The van der Waals surface area contributed by atoms with Crippen LogP contribution in [0.15, 0.2) is 44.1 Å². The minimum absolute atomic E-state index is 0.0840. The summed E-state index contributed by atoms with van der Waals surface area (Å²) in [5, 5.41) is 16.4. The first-order valence-electron chi connectivity index (χ1n) is 7.10. The van der Waals surface area contributed by atoms with E-state index in [-0.39, 0.29) is 18.9 Å². The Morgan fingerprint density at radius 2 is 2.35 bits per heavy atom. The number of rotatable bonds is 6. The zero-order valence-corrected chi connectivity index (χ0v) is 13.3. The maximum Gasteiger partial charge on any atom is 0.227 e. The van der Waals surface area contributed by atoms with E-state index in [4.69, 9.17) is 8.83 Å². The van der Waals surface area contributed by atoms with Crippen molar-refractivity contribution in [2.24, 2.45) is 0 Å². The third kappa shape index (κ3) is 3.69. The summed E-state index contributed by atoms with van der Waals surface area (Å²) in [6.07, 6.45) is 0.712. The van der Waals surface area contributed by atoms with Gasteiger partial charge in [0, 0.05) is 10.9 Å². The minimum atomic E-state index is -0.867. The smallest absolute Gasteiger partial charge is 0.227 e. The van der Waals surface area contributed by atoms with Crippen LogP contribution in [0.5, 0.6) is 0 Å². The maximum atomic E-state index is 12.0. The molecule has 120 valence electrons. The number of aliphatic hydroxyl groups excluding tert-OH is 1. The number of oxazole rings is 1. The van der Waals surface area contributed by atoms with Crippen LogP contribution in [0.2, 0.25) is 0 Å². The van der Waals surface area contributed by atoms with E-state index >= 15 is 0 Å². The first-order chi connectivity index (χ1) is 11.1. The molecular weight excluding hydrogens is 316 g/mol. The number of hydrogen-bond donors (Lipinski definition) is 2. The van der Waals surface area contributed by atoms with Crippen molar-refractivity contribution in [1.82, 2.24) is 10.3 Å². The number of furan rings is 1. The topological polar surface area (TPSA) is 88.5 Å². The first-order valence-corrected chi connectivity index (χ1v) is 8.05. The molecule has 0 aromatic carbocycles. The van der Waals surface area contributed by atoms with Gasteiger partial charge in [0.15, 0.2) is 0 Å². The van der Waals surface area contributed by atoms with Crippen molar-refractivity contribution >= 4 is 17.2 Å². The Morgan fingerprint density at radius 3 is 3.04 bits per heavy atom. The Balaban J connectivity index is 1.58. The van der Waals surface area contributed by atoms with Crippen LogP contribution in [0.1, 0.15) is 23.3 Å². The van der Waals surface area contributed by atoms with Gasteiger partial charge in [0.25, 0.3) is 0 Å². The SMILES string of the molecule is Cc1oc(-c2ccsc2)nc1CC(=O)NCC(O)c1ccco1. The van der Waals surface area contributed by atoms with Gasteiger partial charge in [-0.15, -0.1) is 0 Å². The number of carbonyl (C=O) groups is 1. The Labute approximate surface area is 136 Å². The summed E-state index contributed by atoms with van der Waals surface area (Å²) < 4.78 is 10.7. The highest BCUT2D eigenvalue weighted by Crippen LogP contribution is 2.24. The van der Waals surface area contributed by atoms with E-state index in [0.29, 0.717) is 23.1 Å². The minimum Gasteiger partial charge on any atom is -0.467 e. The molecule has 0 radical (unpaired) electrons. The van der Waals surface area contributed by atoms with Gasteiger partial charge in [-0.25, -0.2) is 4.98 Å². The monoisotopic (exact) mass is 332 g/mol. The van der Waals surface area contributed by atoms with Gasteiger partial charge in [0.2, 0.25) is 11.8 Å². The van der Waals surface area contributed by atoms with Gasteiger partial charge in [-0.05, 0) is 30.5 Å². The summed E-state index contributed by atoms with van der Waals surface area (Å²) >= 11 is 1.56. The van der Waals surface area contributed by atoms with Gasteiger partial charge >= 0.3 is 0 Å². The van der Waals surface area contributed by atoms with Gasteiger partial charge in [-0.2, -0.15) is 11.3 Å². The standard InChI is InChI=1S/C16H16N2O4S/c1-10-12(18-16(22-10)11-4-6-23-9-11)7-15(20)17-8-13(19)14-3-2-5-21-14/h2-6,9,13,19H,7-8H2,1H3,(H,17,20). The normalized spacial score (nSPS) is 12.3. The fourth-order valence-electron chi connectivity index (χ4n) is 2.11. The van der Waals surface area contributed by atoms with Crippen LogP contribution < -0.4 is 5.32 Å². The average molecular weight is 332 g/mol. The van der Waals surface area contributed by atoms with Crippen molar-refractivity contribution in [3.8, 4) is 11.5 Å². The van der Waals surface area contributed by atoms with Crippen molar-refractivity contribution in [2.45, 2.75) is 19.4 Å². The predicted molar refractivity (Wildman–Crippen MR) is 84.9 cm³/mol. The van der Waals surface area contributed by atoms with Crippen LogP contribution in [-0.4, -0.2) is 22.5 Å². The molecule has 2 N–H and O–H groups in total. The highest BCUT2D eigenvalue weighted by Gasteiger charge is 2.16. The zero-order chi connectivity index (χ0) is 16.2. The highest BCUT2D eigenvalue weighted by molar-refractivity contribution is 7.08. The molecule has 0 fully saturated rings. The second-order valence-electron chi connectivity index (χ2n) is 5.05. The van der Waals surface area contributed by atoms with Gasteiger partial charge in [0.1, 0.15) is 17.6 Å². The molecule has 3 rings (SSSR count). The summed E-state index contributed by atoms with van der Waals surface area (Å²) in [4.78, 5) is 16.4. The largest absolute Gasteiger partial charge is 0.467 e. The molecule has 1 unspecified atom stereocenters. The number of amides is 1. The predicted octanol–water partition coefficient (Wildman–Crippen LogP) is 2.70. The van der Waals surface area contributed by atoms with Crippen molar-refractivity contribution in [2.75, 3.05) is 6.54 Å². The molecule has 6 nitrogen and oxygen atoms in total. The molecule has 0 saturated carbocycles. The fraction of sp³-hybridized carbons (Fsp3) is 0.250. The summed E-state index contributed by atoms with van der Waals surface area (Å²) in [5.74, 6) is 1.32. The number of thiophene rings is 1. The van der Waals surface area contributed by atoms with Crippen molar-refractivity contribution < 1.29 is 18.7 Å². The van der Waals surface area contributed by atoms with E-state index in [1.807, 2.05) is 16.8 Å². The van der Waals surface area contributed by atoms with Gasteiger partial charge in [-0.1, -0.05) is 0 Å². The summed E-state index contributed by atoms with van der Waals surface area (Å²) in [6.45, 7) is 1.86. The van der Waals surface area contributed by atoms with Crippen LogP contribution in [0.3, 0.4) is 0 Å². The number of aromatic nitrogens is 1. The Kier molecular flexibility index (Phi) is 4.59. The highest BCUT2D eigenvalue weighted by atomic mass is 32.1. The molecule has 1 atom stereocenters. The molecule has 0 saturated heterocycles. The number of hydrogen-bond acceptors (Lipinski definition) is 6. The molecule has 7 heteroatoms. The molecule has 0 aliphatic carbocycles. The molecule has 0 spiro atoms. The lowest BCUT2D eigenvalue weighted by molar-refractivity contribution is -0.121. The maximum absolute atomic E-state index is 12.0. The van der Waals surface area contributed by atoms with E-state index < -0.39 is 6.10 Å². The van der Waals surface area contributed by atoms with E-state index in [2.05, 4.69) is 10.3 Å². The van der Waals surface area contributed by atoms with Crippen LogP contribution in [0.25, 0.3) is 11.5 Å². The lowest BCUT2D eigenvalue weighted by Gasteiger charge is -2.08. The molecule has 3 aromatic heterocycles. The third-order valence-electron chi connectivity index (χ3n) is 3.35. The van der Waals surface area contributed by atoms with Gasteiger partial charge in [-0.3, -0.25) is 4.79 Å².